The first kappa shape index (κ1) is 51.6. The SMILES string of the molecule is CC[Si](CC)(CC)O[C@@H](C/C(=C\CO[Si](C(C)C)(C(C)C)C(C)C)COCc1ccccc1)C[C@@H](OCOCC[Si](C)(C)C)[C@@H](C)O[Si](C)(C)C(C)(C)C. The van der Waals surface area contributed by atoms with E-state index in [1.54, 1.807) is 0 Å². The van der Waals surface area contributed by atoms with Gasteiger partial charge in [-0.2, -0.15) is 0 Å². The molecule has 0 N–H and O–H groups in total. The van der Waals surface area contributed by atoms with Gasteiger partial charge >= 0.3 is 0 Å². The van der Waals surface area contributed by atoms with Crippen molar-refractivity contribution in [2.45, 2.75) is 206 Å². The lowest BCUT2D eigenvalue weighted by Gasteiger charge is -2.42. The second kappa shape index (κ2) is 23.9. The second-order valence-corrected chi connectivity index (χ2v) is 40.1. The molecule has 316 valence electrons. The monoisotopic (exact) mass is 825 g/mol. The molecule has 0 spiro atoms. The predicted octanol–water partition coefficient (Wildman–Crippen LogP) is 13.6. The lowest BCUT2D eigenvalue weighted by atomic mass is 10.0. The maximum Gasteiger partial charge on any atom is 0.200 e. The van der Waals surface area contributed by atoms with Crippen molar-refractivity contribution in [2.24, 2.45) is 0 Å². The molecule has 0 saturated heterocycles. The third-order valence-corrected chi connectivity index (χ3v) is 29.4. The second-order valence-electron chi connectivity index (χ2n) is 19.5. The normalized spacial score (nSPS) is 15.8. The fourth-order valence-corrected chi connectivity index (χ4v) is 18.1. The van der Waals surface area contributed by atoms with Crippen molar-refractivity contribution in [1.29, 1.82) is 0 Å². The first-order valence-electron chi connectivity index (χ1n) is 21.5. The fourth-order valence-electron chi connectivity index (χ4n) is 7.64. The van der Waals surface area contributed by atoms with E-state index in [-0.39, 0.29) is 30.1 Å². The van der Waals surface area contributed by atoms with Crippen molar-refractivity contribution < 1.29 is 27.5 Å². The van der Waals surface area contributed by atoms with Gasteiger partial charge in [-0.25, -0.2) is 0 Å². The summed E-state index contributed by atoms with van der Waals surface area (Å²) in [5.41, 5.74) is 4.00. The molecule has 3 atom stereocenters. The molecule has 0 unspecified atom stereocenters. The summed E-state index contributed by atoms with van der Waals surface area (Å²) in [6, 6.07) is 14.9. The maximum absolute atomic E-state index is 7.44. The van der Waals surface area contributed by atoms with Gasteiger partial charge in [-0.15, -0.1) is 0 Å². The Morgan fingerprint density at radius 3 is 1.80 bits per heavy atom. The zero-order valence-electron chi connectivity index (χ0n) is 38.7. The third kappa shape index (κ3) is 17.2. The van der Waals surface area contributed by atoms with Crippen LogP contribution in [0.2, 0.25) is 78.6 Å². The van der Waals surface area contributed by atoms with E-state index < -0.39 is 33.0 Å². The molecular formula is C44H88O6Si4. The van der Waals surface area contributed by atoms with E-state index in [4.69, 9.17) is 27.5 Å². The molecule has 1 rings (SSSR count). The van der Waals surface area contributed by atoms with Gasteiger partial charge in [0.15, 0.2) is 16.6 Å². The van der Waals surface area contributed by atoms with Crippen LogP contribution in [0.15, 0.2) is 42.0 Å². The molecule has 1 aromatic carbocycles. The zero-order valence-corrected chi connectivity index (χ0v) is 42.7. The molecule has 0 saturated carbocycles. The Bertz CT molecular complexity index is 1140. The van der Waals surface area contributed by atoms with E-state index in [1.807, 2.05) is 0 Å². The van der Waals surface area contributed by atoms with Gasteiger partial charge in [-0.3, -0.25) is 0 Å². The van der Waals surface area contributed by atoms with Gasteiger partial charge in [0, 0.05) is 21.1 Å². The van der Waals surface area contributed by atoms with Crippen LogP contribution in [0.4, 0.5) is 0 Å². The van der Waals surface area contributed by atoms with Crippen LogP contribution in [0.25, 0.3) is 0 Å². The average molecular weight is 826 g/mol. The minimum absolute atomic E-state index is 0.0390. The topological polar surface area (TPSA) is 55.4 Å². The first-order valence-corrected chi connectivity index (χ1v) is 32.8. The summed E-state index contributed by atoms with van der Waals surface area (Å²) in [4.78, 5) is 0. The summed E-state index contributed by atoms with van der Waals surface area (Å²) < 4.78 is 40.9. The summed E-state index contributed by atoms with van der Waals surface area (Å²) in [5, 5.41) is 0.0940. The Hall–Kier alpha value is -0.412. The summed E-state index contributed by atoms with van der Waals surface area (Å²) in [6.45, 7) is 44.8. The van der Waals surface area contributed by atoms with Crippen molar-refractivity contribution in [1.82, 2.24) is 0 Å². The van der Waals surface area contributed by atoms with Crippen LogP contribution < -0.4 is 0 Å². The first-order chi connectivity index (χ1) is 25.0. The number of hydrogen-bond acceptors (Lipinski definition) is 6. The van der Waals surface area contributed by atoms with Gasteiger partial charge in [-0.05, 0) is 83.4 Å². The largest absolute Gasteiger partial charge is 0.414 e. The van der Waals surface area contributed by atoms with E-state index in [0.29, 0.717) is 36.4 Å². The summed E-state index contributed by atoms with van der Waals surface area (Å²) >= 11 is 0. The number of benzene rings is 1. The fraction of sp³-hybridized carbons (Fsp3) is 0.818. The summed E-state index contributed by atoms with van der Waals surface area (Å²) in [7, 11) is -7.30. The van der Waals surface area contributed by atoms with Gasteiger partial charge in [0.1, 0.15) is 6.79 Å². The molecule has 0 aliphatic carbocycles. The maximum atomic E-state index is 7.44. The highest BCUT2D eigenvalue weighted by molar-refractivity contribution is 6.77. The molecule has 0 aliphatic rings. The molecule has 0 radical (unpaired) electrons. The zero-order chi connectivity index (χ0) is 41.4. The Balaban J connectivity index is 3.60. The van der Waals surface area contributed by atoms with E-state index in [2.05, 4.69) is 159 Å². The van der Waals surface area contributed by atoms with E-state index in [9.17, 15) is 0 Å². The Morgan fingerprint density at radius 2 is 1.31 bits per heavy atom. The molecule has 54 heavy (non-hydrogen) atoms. The molecule has 0 bridgehead atoms. The van der Waals surface area contributed by atoms with Gasteiger partial charge in [0.2, 0.25) is 8.32 Å². The minimum Gasteiger partial charge on any atom is -0.414 e. The Labute approximate surface area is 339 Å². The third-order valence-electron chi connectivity index (χ3n) is 12.3. The van der Waals surface area contributed by atoms with Gasteiger partial charge in [0.25, 0.3) is 0 Å². The average Bonchev–Trinajstić information content (AvgIpc) is 3.06. The molecular weight excluding hydrogens is 737 g/mol. The van der Waals surface area contributed by atoms with Crippen LogP contribution in [-0.2, 0) is 34.1 Å². The van der Waals surface area contributed by atoms with Crippen molar-refractivity contribution in [2.75, 3.05) is 26.6 Å². The lowest BCUT2D eigenvalue weighted by Crippen LogP contribution is -2.48. The van der Waals surface area contributed by atoms with Gasteiger partial charge in [0.05, 0.1) is 38.1 Å². The molecule has 0 aromatic heterocycles. The highest BCUT2D eigenvalue weighted by Crippen LogP contribution is 2.42. The van der Waals surface area contributed by atoms with E-state index in [0.717, 1.165) is 43.6 Å². The van der Waals surface area contributed by atoms with Crippen molar-refractivity contribution >= 4 is 33.0 Å². The smallest absolute Gasteiger partial charge is 0.200 e. The number of hydrogen-bond donors (Lipinski definition) is 0. The van der Waals surface area contributed by atoms with Crippen molar-refractivity contribution in [3.63, 3.8) is 0 Å². The summed E-state index contributed by atoms with van der Waals surface area (Å²) in [6.07, 6.45) is 3.53. The Kier molecular flexibility index (Phi) is 22.8. The van der Waals surface area contributed by atoms with Crippen LogP contribution in [-0.4, -0.2) is 78.0 Å². The highest BCUT2D eigenvalue weighted by atomic mass is 28.4. The van der Waals surface area contributed by atoms with Crippen LogP contribution in [0.5, 0.6) is 0 Å². The van der Waals surface area contributed by atoms with Crippen molar-refractivity contribution in [3.05, 3.63) is 47.5 Å². The quantitative estimate of drug-likeness (QED) is 0.0363. The van der Waals surface area contributed by atoms with Gasteiger partial charge < -0.3 is 27.5 Å². The molecule has 0 aliphatic heterocycles. The molecule has 0 heterocycles. The van der Waals surface area contributed by atoms with Gasteiger partial charge in [-0.1, -0.05) is 139 Å². The molecule has 6 nitrogen and oxygen atoms in total. The molecule has 10 heteroatoms. The number of rotatable bonds is 28. The highest BCUT2D eigenvalue weighted by Gasteiger charge is 2.45. The van der Waals surface area contributed by atoms with E-state index in [1.165, 1.54) is 11.1 Å². The van der Waals surface area contributed by atoms with E-state index >= 15 is 0 Å². The standard InChI is InChI=1S/C44H88O6Si4/c1-19-53(20-2,21-3)50-42(32-43(47-35-45-29-30-51(14,15)16)39(10)49-52(17,18)44(11,12)13)31-41(34-46-33-40-25-23-22-24-26-40)27-28-48-54(36(4)5,37(6)7)38(8)9/h22-27,36-39,42-43H,19-21,28-35H2,1-18H3/b41-27+/t39-,42+,43-/m1/s1. The number of ether oxygens (including phenoxy) is 3. The summed E-state index contributed by atoms with van der Waals surface area (Å²) in [5.74, 6) is 0. The van der Waals surface area contributed by atoms with Crippen LogP contribution in [0.3, 0.4) is 0 Å². The Morgan fingerprint density at radius 1 is 0.759 bits per heavy atom. The molecule has 0 amide bonds. The molecule has 1 aromatic rings. The van der Waals surface area contributed by atoms with Crippen LogP contribution in [0.1, 0.15) is 108 Å². The van der Waals surface area contributed by atoms with Crippen LogP contribution in [0, 0.1) is 0 Å². The lowest BCUT2D eigenvalue weighted by molar-refractivity contribution is -0.125. The minimum atomic E-state index is -2.07. The predicted molar refractivity (Wildman–Crippen MR) is 244 cm³/mol. The van der Waals surface area contributed by atoms with Crippen molar-refractivity contribution in [3.8, 4) is 0 Å². The van der Waals surface area contributed by atoms with Crippen LogP contribution >= 0.6 is 0 Å². The molecule has 0 fully saturated rings.